The third kappa shape index (κ3) is 7.11. The highest BCUT2D eigenvalue weighted by atomic mass is 32.2. The molecular weight excluding hydrogens is 232 g/mol. The molecule has 0 nitrogen and oxygen atoms in total. The van der Waals surface area contributed by atoms with Crippen molar-refractivity contribution in [2.24, 2.45) is 0 Å². The molecule has 0 aliphatic heterocycles. The van der Waals surface area contributed by atoms with Crippen LogP contribution in [0.2, 0.25) is 0 Å². The van der Waals surface area contributed by atoms with Gasteiger partial charge in [0.25, 0.3) is 0 Å². The molecule has 0 amide bonds. The normalized spacial score (nSPS) is 12.0. The summed E-state index contributed by atoms with van der Waals surface area (Å²) < 4.78 is 0.538. The van der Waals surface area contributed by atoms with E-state index < -0.39 is 0 Å². The molecule has 0 saturated heterocycles. The average Bonchev–Trinajstić information content (AvgIpc) is 2.31. The molecule has 0 rings (SSSR count). The summed E-state index contributed by atoms with van der Waals surface area (Å²) in [5.41, 5.74) is 0. The monoisotopic (exact) mass is 262 g/mol. The van der Waals surface area contributed by atoms with Crippen molar-refractivity contribution in [2.45, 2.75) is 76.7 Å². The van der Waals surface area contributed by atoms with Crippen LogP contribution >= 0.6 is 23.5 Å². The van der Waals surface area contributed by atoms with E-state index in [1.165, 1.54) is 56.5 Å². The topological polar surface area (TPSA) is 0 Å². The summed E-state index contributed by atoms with van der Waals surface area (Å²) in [6, 6.07) is 0. The predicted molar refractivity (Wildman–Crippen MR) is 82.7 cm³/mol. The Balaban J connectivity index is 4.32. The van der Waals surface area contributed by atoms with Crippen LogP contribution < -0.4 is 0 Å². The number of hydrogen-bond acceptors (Lipinski definition) is 2. The maximum absolute atomic E-state index is 2.33. The first-order chi connectivity index (χ1) is 7.74. The fraction of sp³-hybridized carbons (Fsp3) is 1.00. The fourth-order valence-corrected chi connectivity index (χ4v) is 5.12. The Bertz CT molecular complexity index is 124. The van der Waals surface area contributed by atoms with Crippen molar-refractivity contribution >= 4 is 23.5 Å². The highest BCUT2D eigenvalue weighted by molar-refractivity contribution is 8.18. The van der Waals surface area contributed by atoms with Gasteiger partial charge in [-0.2, -0.15) is 0 Å². The van der Waals surface area contributed by atoms with Crippen LogP contribution in [0.15, 0.2) is 0 Å². The third-order valence-electron chi connectivity index (χ3n) is 2.68. The lowest BCUT2D eigenvalue weighted by Gasteiger charge is -2.33. The van der Waals surface area contributed by atoms with E-state index in [1.54, 1.807) is 0 Å². The zero-order valence-electron chi connectivity index (χ0n) is 11.7. The van der Waals surface area contributed by atoms with Crippen LogP contribution in [0.1, 0.15) is 72.6 Å². The van der Waals surface area contributed by atoms with E-state index in [9.17, 15) is 0 Å². The molecule has 0 saturated carbocycles. The number of thioether (sulfide) groups is 2. The number of rotatable bonds is 11. The van der Waals surface area contributed by atoms with E-state index in [0.717, 1.165) is 0 Å². The average molecular weight is 263 g/mol. The van der Waals surface area contributed by atoms with Crippen LogP contribution in [0.25, 0.3) is 0 Å². The molecule has 0 aromatic heterocycles. The van der Waals surface area contributed by atoms with Crippen molar-refractivity contribution in [1.29, 1.82) is 0 Å². The van der Waals surface area contributed by atoms with Crippen LogP contribution in [0, 0.1) is 0 Å². The van der Waals surface area contributed by atoms with E-state index in [-0.39, 0.29) is 0 Å². The Morgan fingerprint density at radius 2 is 1.25 bits per heavy atom. The molecule has 0 atom stereocenters. The van der Waals surface area contributed by atoms with Crippen molar-refractivity contribution < 1.29 is 0 Å². The van der Waals surface area contributed by atoms with Gasteiger partial charge in [0, 0.05) is 0 Å². The lowest BCUT2D eigenvalue weighted by molar-refractivity contribution is 0.604. The van der Waals surface area contributed by atoms with Gasteiger partial charge in [0.2, 0.25) is 0 Å². The van der Waals surface area contributed by atoms with Crippen molar-refractivity contribution in [3.05, 3.63) is 0 Å². The van der Waals surface area contributed by atoms with Crippen molar-refractivity contribution in [1.82, 2.24) is 0 Å². The van der Waals surface area contributed by atoms with E-state index in [2.05, 4.69) is 51.2 Å². The Kier molecular flexibility index (Phi) is 11.3. The molecule has 2 heteroatoms. The van der Waals surface area contributed by atoms with Gasteiger partial charge in [-0.05, 0) is 37.2 Å². The highest BCUT2D eigenvalue weighted by Crippen LogP contribution is 2.45. The second kappa shape index (κ2) is 10.8. The van der Waals surface area contributed by atoms with E-state index in [0.29, 0.717) is 4.08 Å². The lowest BCUT2D eigenvalue weighted by Crippen LogP contribution is -2.21. The Hall–Kier alpha value is 0.700. The molecule has 0 heterocycles. The second-order valence-corrected chi connectivity index (χ2v) is 7.68. The zero-order valence-corrected chi connectivity index (χ0v) is 13.3. The molecule has 16 heavy (non-hydrogen) atoms. The standard InChI is InChI=1S/C14H30S2/c1-5-9-11-14(10-6-2,15-12-7-3)16-13-8-4/h5-13H2,1-4H3. The summed E-state index contributed by atoms with van der Waals surface area (Å²) in [5, 5.41) is 0. The van der Waals surface area contributed by atoms with Gasteiger partial charge in [0.05, 0.1) is 4.08 Å². The van der Waals surface area contributed by atoms with Gasteiger partial charge in [-0.3, -0.25) is 0 Å². The SMILES string of the molecule is CCCCC(CCC)(SCCC)SCCC. The zero-order chi connectivity index (χ0) is 12.3. The van der Waals surface area contributed by atoms with Crippen LogP contribution in [-0.4, -0.2) is 15.6 Å². The smallest absolute Gasteiger partial charge is 0.0611 e. The van der Waals surface area contributed by atoms with Gasteiger partial charge in [0.15, 0.2) is 0 Å². The number of hydrogen-bond donors (Lipinski definition) is 0. The maximum atomic E-state index is 2.33. The summed E-state index contributed by atoms with van der Waals surface area (Å²) in [7, 11) is 0. The van der Waals surface area contributed by atoms with Crippen molar-refractivity contribution in [2.75, 3.05) is 11.5 Å². The highest BCUT2D eigenvalue weighted by Gasteiger charge is 2.28. The molecule has 0 unspecified atom stereocenters. The van der Waals surface area contributed by atoms with Crippen LogP contribution in [0.4, 0.5) is 0 Å². The molecule has 0 bridgehead atoms. The molecule has 98 valence electrons. The maximum Gasteiger partial charge on any atom is 0.0611 e. The first-order valence-corrected chi connectivity index (χ1v) is 8.99. The van der Waals surface area contributed by atoms with Gasteiger partial charge >= 0.3 is 0 Å². The Morgan fingerprint density at radius 1 is 0.688 bits per heavy atom. The minimum Gasteiger partial charge on any atom is -0.144 e. The molecule has 0 fully saturated rings. The third-order valence-corrected chi connectivity index (χ3v) is 6.48. The Morgan fingerprint density at radius 3 is 1.62 bits per heavy atom. The van der Waals surface area contributed by atoms with E-state index >= 15 is 0 Å². The Labute approximate surface area is 112 Å². The van der Waals surface area contributed by atoms with Gasteiger partial charge in [-0.25, -0.2) is 0 Å². The van der Waals surface area contributed by atoms with E-state index in [1.807, 2.05) is 0 Å². The molecule has 0 N–H and O–H groups in total. The molecular formula is C14H30S2. The minimum absolute atomic E-state index is 0.538. The second-order valence-electron chi connectivity index (χ2n) is 4.46. The summed E-state index contributed by atoms with van der Waals surface area (Å²) in [6.07, 6.45) is 9.49. The lowest BCUT2D eigenvalue weighted by atomic mass is 10.1. The van der Waals surface area contributed by atoms with Crippen LogP contribution in [-0.2, 0) is 0 Å². The predicted octanol–water partition coefficient (Wildman–Crippen LogP) is 5.96. The molecule has 0 aromatic rings. The molecule has 0 spiro atoms. The number of unbranched alkanes of at least 4 members (excludes halogenated alkanes) is 1. The van der Waals surface area contributed by atoms with Crippen molar-refractivity contribution in [3.8, 4) is 0 Å². The van der Waals surface area contributed by atoms with Crippen molar-refractivity contribution in [3.63, 3.8) is 0 Å². The first-order valence-electron chi connectivity index (χ1n) is 7.02. The molecule has 0 aliphatic rings. The molecule has 0 radical (unpaired) electrons. The van der Waals surface area contributed by atoms with Gasteiger partial charge in [-0.1, -0.05) is 47.0 Å². The summed E-state index contributed by atoms with van der Waals surface area (Å²) in [4.78, 5) is 0. The van der Waals surface area contributed by atoms with Gasteiger partial charge < -0.3 is 0 Å². The quantitative estimate of drug-likeness (QED) is 0.421. The molecule has 0 aliphatic carbocycles. The largest absolute Gasteiger partial charge is 0.144 e. The minimum atomic E-state index is 0.538. The van der Waals surface area contributed by atoms with Gasteiger partial charge in [0.1, 0.15) is 0 Å². The fourth-order valence-electron chi connectivity index (χ4n) is 1.86. The van der Waals surface area contributed by atoms with Gasteiger partial charge in [-0.15, -0.1) is 23.5 Å². The molecule has 0 aromatic carbocycles. The summed E-state index contributed by atoms with van der Waals surface area (Å²) in [5.74, 6) is 2.67. The first kappa shape index (κ1) is 16.7. The van der Waals surface area contributed by atoms with Crippen LogP contribution in [0.5, 0.6) is 0 Å². The summed E-state index contributed by atoms with van der Waals surface area (Å²) >= 11 is 4.47. The van der Waals surface area contributed by atoms with Crippen LogP contribution in [0.3, 0.4) is 0 Å². The summed E-state index contributed by atoms with van der Waals surface area (Å²) in [6.45, 7) is 9.24. The van der Waals surface area contributed by atoms with E-state index in [4.69, 9.17) is 0 Å².